The quantitative estimate of drug-likeness (QED) is 0.786. The molecule has 1 rings (SSSR count). The number of aliphatic hydroxyl groups excluding tert-OH is 1. The molecular weight excluding hydrogens is 206 g/mol. The van der Waals surface area contributed by atoms with Crippen LogP contribution in [0.2, 0.25) is 0 Å². The Balaban J connectivity index is 2.39. The van der Waals surface area contributed by atoms with E-state index in [2.05, 4.69) is 0 Å². The van der Waals surface area contributed by atoms with E-state index < -0.39 is 5.60 Å². The molecule has 0 unspecified atom stereocenters. The number of likely N-dealkylation sites (tertiary alicyclic amines) is 1. The average molecular weight is 229 g/mol. The number of hydrogen-bond donors (Lipinski definition) is 1. The molecular formula is C12H23NO3. The molecule has 4 heteroatoms. The first-order chi connectivity index (χ1) is 7.15. The molecule has 0 radical (unpaired) electrons. The molecule has 0 atom stereocenters. The first kappa shape index (κ1) is 13.3. The summed E-state index contributed by atoms with van der Waals surface area (Å²) in [6.07, 6.45) is -0.252. The highest BCUT2D eigenvalue weighted by Gasteiger charge is 2.41. The van der Waals surface area contributed by atoms with Crippen LogP contribution in [0.25, 0.3) is 0 Å². The second kappa shape index (κ2) is 4.24. The lowest BCUT2D eigenvalue weighted by atomic mass is 9.75. The topological polar surface area (TPSA) is 49.8 Å². The maximum Gasteiger partial charge on any atom is 0.410 e. The molecule has 0 aliphatic carbocycles. The smallest absolute Gasteiger partial charge is 0.410 e. The van der Waals surface area contributed by atoms with Gasteiger partial charge in [-0.1, -0.05) is 13.8 Å². The molecule has 1 fully saturated rings. The van der Waals surface area contributed by atoms with Crippen LogP contribution >= 0.6 is 0 Å². The third-order valence-electron chi connectivity index (χ3n) is 3.05. The Bertz CT molecular complexity index is 262. The molecule has 0 aromatic carbocycles. The van der Waals surface area contributed by atoms with E-state index >= 15 is 0 Å². The van der Waals surface area contributed by atoms with Crippen molar-refractivity contribution in [3.63, 3.8) is 0 Å². The van der Waals surface area contributed by atoms with Gasteiger partial charge in [0.05, 0.1) is 0 Å². The zero-order valence-electron chi connectivity index (χ0n) is 10.9. The highest BCUT2D eigenvalue weighted by molar-refractivity contribution is 5.69. The van der Waals surface area contributed by atoms with Crippen molar-refractivity contribution in [1.82, 2.24) is 4.90 Å². The first-order valence-electron chi connectivity index (χ1n) is 5.74. The number of carbonyl (C=O) groups excluding carboxylic acids is 1. The Hall–Kier alpha value is -0.770. The minimum atomic E-state index is -0.436. The van der Waals surface area contributed by atoms with Gasteiger partial charge in [0.1, 0.15) is 5.60 Å². The van der Waals surface area contributed by atoms with Crippen LogP contribution in [-0.4, -0.2) is 41.4 Å². The Kier molecular flexibility index (Phi) is 3.53. The minimum Gasteiger partial charge on any atom is -0.444 e. The van der Waals surface area contributed by atoms with Gasteiger partial charge in [0, 0.05) is 25.6 Å². The summed E-state index contributed by atoms with van der Waals surface area (Å²) in [5.41, 5.74) is -0.548. The first-order valence-corrected chi connectivity index (χ1v) is 5.74. The third-order valence-corrected chi connectivity index (χ3v) is 3.05. The second-order valence-corrected chi connectivity index (χ2v) is 6.23. The van der Waals surface area contributed by atoms with Crippen molar-refractivity contribution >= 4 is 6.09 Å². The zero-order chi connectivity index (χ0) is 12.6. The lowest BCUT2D eigenvalue weighted by Gasteiger charge is -2.46. The summed E-state index contributed by atoms with van der Waals surface area (Å²) in [6.45, 7) is 11.1. The van der Waals surface area contributed by atoms with Gasteiger partial charge in [-0.3, -0.25) is 0 Å². The fraction of sp³-hybridized carbons (Fsp3) is 0.917. The van der Waals surface area contributed by atoms with Crippen LogP contribution in [0.1, 0.15) is 34.6 Å². The fourth-order valence-electron chi connectivity index (χ4n) is 1.58. The van der Waals surface area contributed by atoms with E-state index in [-0.39, 0.29) is 18.1 Å². The molecule has 1 aliphatic heterocycles. The van der Waals surface area contributed by atoms with Crippen LogP contribution in [0.5, 0.6) is 0 Å². The van der Waals surface area contributed by atoms with E-state index in [1.807, 2.05) is 34.6 Å². The summed E-state index contributed by atoms with van der Waals surface area (Å²) in [6, 6.07) is 0. The van der Waals surface area contributed by atoms with Gasteiger partial charge in [-0.2, -0.15) is 0 Å². The van der Waals surface area contributed by atoms with Crippen LogP contribution in [0.15, 0.2) is 0 Å². The highest BCUT2D eigenvalue weighted by Crippen LogP contribution is 2.34. The summed E-state index contributed by atoms with van der Waals surface area (Å²) in [5.74, 6) is 0.366. The molecule has 94 valence electrons. The van der Waals surface area contributed by atoms with Gasteiger partial charge in [-0.15, -0.1) is 0 Å². The van der Waals surface area contributed by atoms with Gasteiger partial charge in [0.15, 0.2) is 0 Å². The highest BCUT2D eigenvalue weighted by atomic mass is 16.6. The molecule has 1 amide bonds. The Morgan fingerprint density at radius 3 is 2.19 bits per heavy atom. The van der Waals surface area contributed by atoms with Crippen molar-refractivity contribution in [2.24, 2.45) is 11.3 Å². The van der Waals surface area contributed by atoms with E-state index in [0.29, 0.717) is 19.0 Å². The minimum absolute atomic E-state index is 0.113. The monoisotopic (exact) mass is 229 g/mol. The predicted octanol–water partition coefficient (Wildman–Crippen LogP) is 1.87. The van der Waals surface area contributed by atoms with Crippen molar-refractivity contribution in [3.8, 4) is 0 Å². The number of carbonyl (C=O) groups is 1. The number of amides is 1. The van der Waals surface area contributed by atoms with E-state index in [4.69, 9.17) is 4.74 Å². The molecule has 1 aliphatic rings. The van der Waals surface area contributed by atoms with Crippen molar-refractivity contribution in [2.45, 2.75) is 40.2 Å². The Labute approximate surface area is 97.6 Å². The van der Waals surface area contributed by atoms with Crippen molar-refractivity contribution < 1.29 is 14.6 Å². The third kappa shape index (κ3) is 3.11. The molecule has 0 aromatic rings. The maximum absolute atomic E-state index is 11.6. The van der Waals surface area contributed by atoms with E-state index in [9.17, 15) is 9.90 Å². The number of aliphatic hydroxyl groups is 1. The molecule has 4 nitrogen and oxygen atoms in total. The molecule has 0 bridgehead atoms. The van der Waals surface area contributed by atoms with Gasteiger partial charge >= 0.3 is 6.09 Å². The van der Waals surface area contributed by atoms with Crippen LogP contribution in [-0.2, 0) is 4.74 Å². The van der Waals surface area contributed by atoms with Crippen LogP contribution < -0.4 is 0 Å². The Morgan fingerprint density at radius 2 is 1.81 bits per heavy atom. The second-order valence-electron chi connectivity index (χ2n) is 6.23. The standard InChI is InChI=1S/C12H23NO3/c1-11(2,3)16-10(15)13-6-9(7-13)12(4,5)8-14/h9,14H,6-8H2,1-5H3. The number of nitrogens with zero attached hydrogens (tertiary/aromatic N) is 1. The van der Waals surface area contributed by atoms with Crippen LogP contribution in [0, 0.1) is 11.3 Å². The zero-order valence-corrected chi connectivity index (χ0v) is 10.9. The molecule has 1 heterocycles. The van der Waals surface area contributed by atoms with Gasteiger partial charge in [-0.25, -0.2) is 4.79 Å². The van der Waals surface area contributed by atoms with Gasteiger partial charge in [0.2, 0.25) is 0 Å². The maximum atomic E-state index is 11.6. The summed E-state index contributed by atoms with van der Waals surface area (Å²) < 4.78 is 5.26. The van der Waals surface area contributed by atoms with Gasteiger partial charge < -0.3 is 14.7 Å². The van der Waals surface area contributed by atoms with E-state index in [0.717, 1.165) is 0 Å². The summed E-state index contributed by atoms with van der Waals surface area (Å²) in [5, 5.41) is 9.21. The molecule has 1 saturated heterocycles. The summed E-state index contributed by atoms with van der Waals surface area (Å²) in [7, 11) is 0. The van der Waals surface area contributed by atoms with Crippen molar-refractivity contribution in [1.29, 1.82) is 0 Å². The molecule has 1 N–H and O–H groups in total. The largest absolute Gasteiger partial charge is 0.444 e. The normalized spacial score (nSPS) is 18.2. The average Bonchev–Trinajstić information content (AvgIpc) is 1.96. The van der Waals surface area contributed by atoms with Gasteiger partial charge in [-0.05, 0) is 26.2 Å². The van der Waals surface area contributed by atoms with Gasteiger partial charge in [0.25, 0.3) is 0 Å². The molecule has 16 heavy (non-hydrogen) atoms. The summed E-state index contributed by atoms with van der Waals surface area (Å²) in [4.78, 5) is 13.3. The SMILES string of the molecule is CC(C)(C)OC(=O)N1CC(C(C)(C)CO)C1. The lowest BCUT2D eigenvalue weighted by Crippen LogP contribution is -2.56. The number of hydrogen-bond acceptors (Lipinski definition) is 3. The van der Waals surface area contributed by atoms with E-state index in [1.54, 1.807) is 4.90 Å². The Morgan fingerprint density at radius 1 is 1.31 bits per heavy atom. The van der Waals surface area contributed by atoms with Crippen LogP contribution in [0.4, 0.5) is 4.79 Å². The summed E-state index contributed by atoms with van der Waals surface area (Å²) >= 11 is 0. The van der Waals surface area contributed by atoms with E-state index in [1.165, 1.54) is 0 Å². The molecule has 0 saturated carbocycles. The number of rotatable bonds is 2. The van der Waals surface area contributed by atoms with Crippen molar-refractivity contribution in [2.75, 3.05) is 19.7 Å². The predicted molar refractivity (Wildman–Crippen MR) is 62.2 cm³/mol. The molecule has 0 aromatic heterocycles. The fourth-order valence-corrected chi connectivity index (χ4v) is 1.58. The number of ether oxygens (including phenoxy) is 1. The van der Waals surface area contributed by atoms with Crippen LogP contribution in [0.3, 0.4) is 0 Å². The van der Waals surface area contributed by atoms with Crippen molar-refractivity contribution in [3.05, 3.63) is 0 Å². The lowest BCUT2D eigenvalue weighted by molar-refractivity contribution is -0.0374. The molecule has 0 spiro atoms.